The number of amides is 2. The lowest BCUT2D eigenvalue weighted by molar-refractivity contribution is -0.140. The zero-order chi connectivity index (χ0) is 30.4. The second-order valence-electron chi connectivity index (χ2n) is 11.4. The molecule has 1 N–H and O–H groups in total. The maximum Gasteiger partial charge on any atom is 0.244 e. The Morgan fingerprint density at radius 3 is 2.07 bits per heavy atom. The molecule has 1 atom stereocenters. The summed E-state index contributed by atoms with van der Waals surface area (Å²) in [7, 11) is -2.45. The molecule has 2 amide bonds. The van der Waals surface area contributed by atoms with Crippen molar-refractivity contribution in [3.63, 3.8) is 0 Å². The Morgan fingerprint density at radius 1 is 0.902 bits per heavy atom. The zero-order valence-electron chi connectivity index (χ0n) is 25.0. The lowest BCUT2D eigenvalue weighted by Crippen LogP contribution is -2.56. The second kappa shape index (κ2) is 13.2. The fourth-order valence-electron chi connectivity index (χ4n) is 4.49. The summed E-state index contributed by atoms with van der Waals surface area (Å²) in [5.74, 6) is -0.504. The number of carbonyl (C=O) groups is 2. The van der Waals surface area contributed by atoms with Gasteiger partial charge < -0.3 is 15.0 Å². The summed E-state index contributed by atoms with van der Waals surface area (Å²) in [4.78, 5) is 29.5. The summed E-state index contributed by atoms with van der Waals surface area (Å²) in [5.41, 5.74) is 3.29. The topological polar surface area (TPSA) is 96.0 Å². The molecule has 0 spiro atoms. The van der Waals surface area contributed by atoms with Crippen LogP contribution in [0, 0.1) is 13.8 Å². The van der Waals surface area contributed by atoms with Gasteiger partial charge in [-0.3, -0.25) is 13.9 Å². The Labute approximate surface area is 244 Å². The van der Waals surface area contributed by atoms with Gasteiger partial charge in [0.25, 0.3) is 0 Å². The lowest BCUT2D eigenvalue weighted by Gasteiger charge is -2.35. The largest absolute Gasteiger partial charge is 0.495 e. The van der Waals surface area contributed by atoms with Crippen LogP contribution in [0.15, 0.2) is 72.8 Å². The number of nitrogens with zero attached hydrogens (tertiary/aromatic N) is 2. The molecular formula is C32H41N3O5S. The van der Waals surface area contributed by atoms with Gasteiger partial charge in [0.15, 0.2) is 0 Å². The van der Waals surface area contributed by atoms with Gasteiger partial charge in [-0.15, -0.1) is 0 Å². The number of anilines is 1. The van der Waals surface area contributed by atoms with E-state index in [-0.39, 0.29) is 24.6 Å². The average molecular weight is 580 g/mol. The first kappa shape index (κ1) is 31.7. The van der Waals surface area contributed by atoms with E-state index in [1.54, 1.807) is 18.2 Å². The van der Waals surface area contributed by atoms with Crippen molar-refractivity contribution in [2.45, 2.75) is 59.2 Å². The number of rotatable bonds is 11. The van der Waals surface area contributed by atoms with E-state index in [1.165, 1.54) is 12.0 Å². The number of benzene rings is 3. The maximum atomic E-state index is 14.2. The zero-order valence-corrected chi connectivity index (χ0v) is 25.8. The smallest absolute Gasteiger partial charge is 0.244 e. The number of hydrogen-bond acceptors (Lipinski definition) is 5. The van der Waals surface area contributed by atoms with E-state index in [4.69, 9.17) is 4.74 Å². The first-order valence-electron chi connectivity index (χ1n) is 13.5. The van der Waals surface area contributed by atoms with Crippen molar-refractivity contribution in [1.29, 1.82) is 0 Å². The Morgan fingerprint density at radius 2 is 1.51 bits per heavy atom. The molecule has 0 aliphatic heterocycles. The minimum atomic E-state index is -3.90. The van der Waals surface area contributed by atoms with E-state index in [1.807, 2.05) is 89.2 Å². The van der Waals surface area contributed by atoms with Gasteiger partial charge in [-0.1, -0.05) is 66.2 Å². The average Bonchev–Trinajstić information content (AvgIpc) is 2.89. The molecule has 220 valence electrons. The van der Waals surface area contributed by atoms with Crippen LogP contribution in [-0.4, -0.2) is 56.6 Å². The molecule has 0 saturated carbocycles. The number of carbonyl (C=O) groups excluding carboxylic acids is 2. The van der Waals surface area contributed by atoms with Gasteiger partial charge in [-0.05, 0) is 63.4 Å². The molecule has 0 aromatic heterocycles. The molecule has 0 fully saturated rings. The predicted molar refractivity (Wildman–Crippen MR) is 163 cm³/mol. The highest BCUT2D eigenvalue weighted by atomic mass is 32.2. The SMILES string of the molecule is COc1ccc(C)cc1N(CC(=O)N(Cc1ccc(C)cc1)[C@H](Cc1ccccc1)C(=O)NC(C)(C)C)S(C)(=O)=O. The third-order valence-electron chi connectivity index (χ3n) is 6.53. The van der Waals surface area contributed by atoms with Crippen molar-refractivity contribution in [2.24, 2.45) is 0 Å². The molecule has 0 aliphatic rings. The van der Waals surface area contributed by atoms with Crippen molar-refractivity contribution >= 4 is 27.5 Å². The van der Waals surface area contributed by atoms with Crippen molar-refractivity contribution in [1.82, 2.24) is 10.2 Å². The predicted octanol–water partition coefficient (Wildman–Crippen LogP) is 4.63. The van der Waals surface area contributed by atoms with Gasteiger partial charge in [0.1, 0.15) is 18.3 Å². The van der Waals surface area contributed by atoms with E-state index in [2.05, 4.69) is 5.32 Å². The molecule has 0 radical (unpaired) electrons. The molecule has 0 heterocycles. The minimum absolute atomic E-state index is 0.122. The summed E-state index contributed by atoms with van der Waals surface area (Å²) < 4.78 is 32.6. The Kier molecular flexibility index (Phi) is 10.2. The molecule has 9 heteroatoms. The second-order valence-corrected chi connectivity index (χ2v) is 13.3. The van der Waals surface area contributed by atoms with Gasteiger partial charge in [0.2, 0.25) is 21.8 Å². The van der Waals surface area contributed by atoms with Gasteiger partial charge in [-0.2, -0.15) is 0 Å². The van der Waals surface area contributed by atoms with E-state index < -0.39 is 34.1 Å². The summed E-state index contributed by atoms with van der Waals surface area (Å²) in [5, 5.41) is 3.03. The van der Waals surface area contributed by atoms with Crippen molar-refractivity contribution in [3.8, 4) is 5.75 Å². The van der Waals surface area contributed by atoms with Crippen LogP contribution in [0.3, 0.4) is 0 Å². The Balaban J connectivity index is 2.11. The van der Waals surface area contributed by atoms with E-state index >= 15 is 0 Å². The third kappa shape index (κ3) is 9.08. The van der Waals surface area contributed by atoms with Crippen LogP contribution in [0.2, 0.25) is 0 Å². The molecule has 3 rings (SSSR count). The summed E-state index contributed by atoms with van der Waals surface area (Å²) in [6, 6.07) is 21.4. The van der Waals surface area contributed by atoms with Gasteiger partial charge in [-0.25, -0.2) is 8.42 Å². The molecule has 3 aromatic rings. The molecule has 0 bridgehead atoms. The van der Waals surface area contributed by atoms with Crippen LogP contribution in [-0.2, 0) is 32.6 Å². The highest BCUT2D eigenvalue weighted by Gasteiger charge is 2.35. The van der Waals surface area contributed by atoms with Crippen LogP contribution in [0.5, 0.6) is 5.75 Å². The monoisotopic (exact) mass is 579 g/mol. The van der Waals surface area contributed by atoms with Crippen LogP contribution in [0.1, 0.15) is 43.0 Å². The van der Waals surface area contributed by atoms with Crippen molar-refractivity contribution in [3.05, 3.63) is 95.1 Å². The molecule has 0 unspecified atom stereocenters. The lowest BCUT2D eigenvalue weighted by atomic mass is 10.0. The number of aryl methyl sites for hydroxylation is 2. The number of sulfonamides is 1. The molecule has 0 aliphatic carbocycles. The summed E-state index contributed by atoms with van der Waals surface area (Å²) in [6.45, 7) is 9.07. The first-order chi connectivity index (χ1) is 19.2. The first-order valence-corrected chi connectivity index (χ1v) is 15.4. The van der Waals surface area contributed by atoms with Crippen LogP contribution in [0.4, 0.5) is 5.69 Å². The summed E-state index contributed by atoms with van der Waals surface area (Å²) in [6.07, 6.45) is 1.31. The van der Waals surface area contributed by atoms with Gasteiger partial charge in [0, 0.05) is 18.5 Å². The third-order valence-corrected chi connectivity index (χ3v) is 7.65. The molecule has 3 aromatic carbocycles. The van der Waals surface area contributed by atoms with Gasteiger partial charge in [0.05, 0.1) is 19.1 Å². The number of ether oxygens (including phenoxy) is 1. The van der Waals surface area contributed by atoms with E-state index in [0.717, 1.165) is 32.8 Å². The number of nitrogens with one attached hydrogen (secondary N) is 1. The van der Waals surface area contributed by atoms with E-state index in [9.17, 15) is 18.0 Å². The highest BCUT2D eigenvalue weighted by Crippen LogP contribution is 2.31. The minimum Gasteiger partial charge on any atom is -0.495 e. The fourth-order valence-corrected chi connectivity index (χ4v) is 5.33. The Bertz CT molecular complexity index is 1450. The molecular weight excluding hydrogens is 538 g/mol. The highest BCUT2D eigenvalue weighted by molar-refractivity contribution is 7.92. The maximum absolute atomic E-state index is 14.2. The quantitative estimate of drug-likeness (QED) is 0.357. The molecule has 41 heavy (non-hydrogen) atoms. The van der Waals surface area contributed by atoms with Crippen LogP contribution in [0.25, 0.3) is 0 Å². The molecule has 8 nitrogen and oxygen atoms in total. The van der Waals surface area contributed by atoms with Crippen LogP contribution >= 0.6 is 0 Å². The van der Waals surface area contributed by atoms with Crippen molar-refractivity contribution in [2.75, 3.05) is 24.2 Å². The number of methoxy groups -OCH3 is 1. The Hall–Kier alpha value is -3.85. The fraction of sp³-hybridized carbons (Fsp3) is 0.375. The normalized spacial score (nSPS) is 12.4. The van der Waals surface area contributed by atoms with Crippen molar-refractivity contribution < 1.29 is 22.7 Å². The van der Waals surface area contributed by atoms with Crippen LogP contribution < -0.4 is 14.4 Å². The summed E-state index contributed by atoms with van der Waals surface area (Å²) >= 11 is 0. The number of hydrogen-bond donors (Lipinski definition) is 1. The standard InChI is InChI=1S/C32H41N3O5S/c1-23-13-16-26(17-14-23)21-34(28(31(37)33-32(3,4)5)20-25-11-9-8-10-12-25)30(36)22-35(41(7,38)39)27-19-24(2)15-18-29(27)40-6/h8-19,28H,20-22H2,1-7H3,(H,33,37)/t28-/m1/s1. The van der Waals surface area contributed by atoms with E-state index in [0.29, 0.717) is 5.75 Å². The van der Waals surface area contributed by atoms with Gasteiger partial charge >= 0.3 is 0 Å². The molecule has 0 saturated heterocycles.